The van der Waals surface area contributed by atoms with E-state index in [4.69, 9.17) is 10.6 Å². The summed E-state index contributed by atoms with van der Waals surface area (Å²) in [6.07, 6.45) is 0.960. The zero-order chi connectivity index (χ0) is 21.7. The molecule has 0 aliphatic rings. The molecular formula is C22H27N5O2S. The number of amides is 1. The summed E-state index contributed by atoms with van der Waals surface area (Å²) < 4.78 is 7.28. The molecule has 0 spiro atoms. The molecule has 2 aromatic carbocycles. The topological polar surface area (TPSA) is 95.1 Å². The van der Waals surface area contributed by atoms with Gasteiger partial charge in [-0.1, -0.05) is 49.0 Å². The number of ether oxygens (including phenoxy) is 1. The minimum absolute atomic E-state index is 0.124. The fraction of sp³-hybridized carbons (Fsp3) is 0.318. The predicted molar refractivity (Wildman–Crippen MR) is 120 cm³/mol. The zero-order valence-electron chi connectivity index (χ0n) is 17.7. The van der Waals surface area contributed by atoms with Crippen LogP contribution in [0.5, 0.6) is 5.75 Å². The lowest BCUT2D eigenvalue weighted by molar-refractivity contribution is -0.115. The van der Waals surface area contributed by atoms with Gasteiger partial charge in [-0.2, -0.15) is 0 Å². The van der Waals surface area contributed by atoms with Crippen molar-refractivity contribution in [1.82, 2.24) is 14.9 Å². The normalized spacial score (nSPS) is 11.9. The van der Waals surface area contributed by atoms with Gasteiger partial charge in [0.25, 0.3) is 0 Å². The van der Waals surface area contributed by atoms with Gasteiger partial charge in [0.15, 0.2) is 5.82 Å². The van der Waals surface area contributed by atoms with E-state index in [1.165, 1.54) is 22.0 Å². The SMILES string of the molecule is CCc1ccc(NC(=O)[C@H](C)Sc2nnc(COc3c(C)cccc3C)n2N)cc1. The van der Waals surface area contributed by atoms with Crippen molar-refractivity contribution in [2.45, 2.75) is 51.1 Å². The highest BCUT2D eigenvalue weighted by atomic mass is 32.2. The number of nitrogen functional groups attached to an aromatic ring is 1. The van der Waals surface area contributed by atoms with Crippen LogP contribution in [0.15, 0.2) is 47.6 Å². The van der Waals surface area contributed by atoms with Crippen LogP contribution in [0.1, 0.15) is 36.4 Å². The highest BCUT2D eigenvalue weighted by Gasteiger charge is 2.20. The molecule has 0 bridgehead atoms. The molecule has 3 N–H and O–H groups in total. The van der Waals surface area contributed by atoms with E-state index < -0.39 is 5.25 Å². The zero-order valence-corrected chi connectivity index (χ0v) is 18.5. The molecule has 30 heavy (non-hydrogen) atoms. The van der Waals surface area contributed by atoms with Gasteiger partial charge in [-0.3, -0.25) is 4.79 Å². The van der Waals surface area contributed by atoms with E-state index in [9.17, 15) is 4.79 Å². The molecule has 0 saturated carbocycles. The van der Waals surface area contributed by atoms with Gasteiger partial charge in [0, 0.05) is 5.69 Å². The van der Waals surface area contributed by atoms with Crippen molar-refractivity contribution >= 4 is 23.4 Å². The first kappa shape index (κ1) is 21.7. The van der Waals surface area contributed by atoms with Crippen LogP contribution in [-0.4, -0.2) is 26.0 Å². The molecule has 0 aliphatic carbocycles. The van der Waals surface area contributed by atoms with E-state index in [1.54, 1.807) is 0 Å². The first-order valence-electron chi connectivity index (χ1n) is 9.83. The standard InChI is InChI=1S/C22H27N5O2S/c1-5-17-9-11-18(12-10-17)24-21(28)16(4)30-22-26-25-19(27(22)23)13-29-20-14(2)7-6-8-15(20)3/h6-12,16H,5,13,23H2,1-4H3,(H,24,28)/t16-/m0/s1. The number of thioether (sulfide) groups is 1. The smallest absolute Gasteiger partial charge is 0.237 e. The van der Waals surface area contributed by atoms with Gasteiger partial charge >= 0.3 is 0 Å². The molecule has 0 aliphatic heterocycles. The van der Waals surface area contributed by atoms with Crippen LogP contribution in [0.25, 0.3) is 0 Å². The number of carbonyl (C=O) groups excluding carboxylic acids is 1. The number of anilines is 1. The van der Waals surface area contributed by atoms with Crippen molar-refractivity contribution in [3.8, 4) is 5.75 Å². The number of aromatic nitrogens is 3. The van der Waals surface area contributed by atoms with Crippen molar-refractivity contribution in [2.24, 2.45) is 0 Å². The van der Waals surface area contributed by atoms with Crippen LogP contribution in [0.4, 0.5) is 5.69 Å². The van der Waals surface area contributed by atoms with Crippen molar-refractivity contribution in [3.63, 3.8) is 0 Å². The lowest BCUT2D eigenvalue weighted by Crippen LogP contribution is -2.24. The van der Waals surface area contributed by atoms with E-state index in [0.29, 0.717) is 11.0 Å². The quantitative estimate of drug-likeness (QED) is 0.420. The second-order valence-electron chi connectivity index (χ2n) is 7.08. The Kier molecular flexibility index (Phi) is 6.99. The van der Waals surface area contributed by atoms with Crippen LogP contribution in [0, 0.1) is 13.8 Å². The maximum Gasteiger partial charge on any atom is 0.237 e. The van der Waals surface area contributed by atoms with Crippen LogP contribution in [-0.2, 0) is 17.8 Å². The fourth-order valence-corrected chi connectivity index (χ4v) is 3.72. The first-order chi connectivity index (χ1) is 14.4. The van der Waals surface area contributed by atoms with Crippen molar-refractivity contribution < 1.29 is 9.53 Å². The Morgan fingerprint density at radius 3 is 2.47 bits per heavy atom. The molecule has 1 aromatic heterocycles. The summed E-state index contributed by atoms with van der Waals surface area (Å²) in [5, 5.41) is 11.2. The molecule has 0 unspecified atom stereocenters. The Morgan fingerprint density at radius 2 is 1.83 bits per heavy atom. The average molecular weight is 426 g/mol. The van der Waals surface area contributed by atoms with Gasteiger partial charge in [0.05, 0.1) is 5.25 Å². The Morgan fingerprint density at radius 1 is 1.17 bits per heavy atom. The van der Waals surface area contributed by atoms with Crippen molar-refractivity contribution in [1.29, 1.82) is 0 Å². The summed E-state index contributed by atoms with van der Waals surface area (Å²) in [4.78, 5) is 12.5. The number of aryl methyl sites for hydroxylation is 3. The third-order valence-electron chi connectivity index (χ3n) is 4.77. The number of nitrogens with one attached hydrogen (secondary N) is 1. The maximum atomic E-state index is 12.5. The van der Waals surface area contributed by atoms with Gasteiger partial charge in [0.1, 0.15) is 12.4 Å². The summed E-state index contributed by atoms with van der Waals surface area (Å²) in [6, 6.07) is 13.8. The van der Waals surface area contributed by atoms with Gasteiger partial charge < -0.3 is 15.9 Å². The maximum absolute atomic E-state index is 12.5. The molecule has 8 heteroatoms. The number of carbonyl (C=O) groups is 1. The molecular weight excluding hydrogens is 398 g/mol. The number of para-hydroxylation sites is 1. The molecule has 7 nitrogen and oxygen atoms in total. The number of hydrogen-bond donors (Lipinski definition) is 2. The second-order valence-corrected chi connectivity index (χ2v) is 8.39. The van der Waals surface area contributed by atoms with Crippen LogP contribution in [0.3, 0.4) is 0 Å². The summed E-state index contributed by atoms with van der Waals surface area (Å²) in [5.41, 5.74) is 4.08. The van der Waals surface area contributed by atoms with E-state index in [0.717, 1.165) is 29.0 Å². The Bertz CT molecular complexity index is 997. The number of hydrogen-bond acceptors (Lipinski definition) is 6. The molecule has 1 amide bonds. The van der Waals surface area contributed by atoms with E-state index in [-0.39, 0.29) is 12.5 Å². The molecule has 0 saturated heterocycles. The van der Waals surface area contributed by atoms with E-state index in [2.05, 4.69) is 22.4 Å². The predicted octanol–water partition coefficient (Wildman–Crippen LogP) is 3.87. The minimum Gasteiger partial charge on any atom is -0.485 e. The molecule has 3 aromatic rings. The number of benzene rings is 2. The Balaban J connectivity index is 1.60. The highest BCUT2D eigenvalue weighted by Crippen LogP contribution is 2.25. The van der Waals surface area contributed by atoms with E-state index >= 15 is 0 Å². The van der Waals surface area contributed by atoms with Crippen molar-refractivity contribution in [3.05, 3.63) is 65.0 Å². The first-order valence-corrected chi connectivity index (χ1v) is 10.7. The Labute approximate surface area is 181 Å². The summed E-state index contributed by atoms with van der Waals surface area (Å²) in [7, 11) is 0. The lowest BCUT2D eigenvalue weighted by Gasteiger charge is -2.13. The second kappa shape index (κ2) is 9.67. The fourth-order valence-electron chi connectivity index (χ4n) is 2.93. The molecule has 0 radical (unpaired) electrons. The van der Waals surface area contributed by atoms with Gasteiger partial charge in [-0.25, -0.2) is 4.68 Å². The Hall–Kier alpha value is -3.00. The third kappa shape index (κ3) is 5.13. The molecule has 1 atom stereocenters. The highest BCUT2D eigenvalue weighted by molar-refractivity contribution is 8.00. The summed E-state index contributed by atoms with van der Waals surface area (Å²) in [6.45, 7) is 8.08. The number of nitrogens with two attached hydrogens (primary N) is 1. The summed E-state index contributed by atoms with van der Waals surface area (Å²) >= 11 is 1.25. The molecule has 3 rings (SSSR count). The molecule has 1 heterocycles. The van der Waals surface area contributed by atoms with E-state index in [1.807, 2.05) is 63.2 Å². The average Bonchev–Trinajstić information content (AvgIpc) is 3.07. The minimum atomic E-state index is -0.394. The van der Waals surface area contributed by atoms with Crippen LogP contribution in [0.2, 0.25) is 0 Å². The number of rotatable bonds is 8. The van der Waals surface area contributed by atoms with Gasteiger partial charge in [-0.15, -0.1) is 10.2 Å². The van der Waals surface area contributed by atoms with Crippen LogP contribution >= 0.6 is 11.8 Å². The van der Waals surface area contributed by atoms with Gasteiger partial charge in [0.2, 0.25) is 11.1 Å². The largest absolute Gasteiger partial charge is 0.485 e. The lowest BCUT2D eigenvalue weighted by atomic mass is 10.1. The third-order valence-corrected chi connectivity index (χ3v) is 5.83. The van der Waals surface area contributed by atoms with Gasteiger partial charge in [-0.05, 0) is 56.0 Å². The monoisotopic (exact) mass is 425 g/mol. The van der Waals surface area contributed by atoms with Crippen LogP contribution < -0.4 is 15.9 Å². The number of nitrogens with zero attached hydrogens (tertiary/aromatic N) is 3. The van der Waals surface area contributed by atoms with Crippen molar-refractivity contribution in [2.75, 3.05) is 11.2 Å². The summed E-state index contributed by atoms with van der Waals surface area (Å²) in [5.74, 6) is 7.32. The molecule has 0 fully saturated rings. The molecule has 158 valence electrons.